The molecule has 0 aromatic heterocycles. The van der Waals surface area contributed by atoms with Crippen molar-refractivity contribution in [2.75, 3.05) is 46.3 Å². The lowest BCUT2D eigenvalue weighted by molar-refractivity contribution is -0.922. The van der Waals surface area contributed by atoms with E-state index in [4.69, 9.17) is 0 Å². The van der Waals surface area contributed by atoms with Gasteiger partial charge in [-0.15, -0.1) is 24.0 Å². The van der Waals surface area contributed by atoms with Crippen LogP contribution in [0.4, 0.5) is 0 Å². The Morgan fingerprint density at radius 2 is 1.36 bits per heavy atom. The molecule has 0 spiro atoms. The second-order valence-electron chi connectivity index (χ2n) is 3.63. The Morgan fingerprint density at radius 1 is 1.00 bits per heavy atom. The molecule has 0 unspecified atom stereocenters. The number of rotatable bonds is 0. The third kappa shape index (κ3) is 2.67. The van der Waals surface area contributed by atoms with Crippen LogP contribution in [0, 0.1) is 0 Å². The molecule has 0 aromatic rings. The van der Waals surface area contributed by atoms with Crippen molar-refractivity contribution < 1.29 is 28.5 Å². The van der Waals surface area contributed by atoms with Gasteiger partial charge in [-0.2, -0.15) is 0 Å². The van der Waals surface area contributed by atoms with Gasteiger partial charge in [0.2, 0.25) is 0 Å². The zero-order valence-corrected chi connectivity index (χ0v) is 11.4. The van der Waals surface area contributed by atoms with E-state index in [0.29, 0.717) is 0 Å². The number of halogens is 2. The van der Waals surface area contributed by atoms with E-state index in [9.17, 15) is 0 Å². The molecule has 0 aliphatic carbocycles. The third-order valence-electron chi connectivity index (χ3n) is 2.87. The monoisotopic (exact) mass is 382 g/mol. The van der Waals surface area contributed by atoms with Gasteiger partial charge in [0.15, 0.2) is 0 Å². The van der Waals surface area contributed by atoms with E-state index in [1.165, 1.54) is 43.8 Å². The van der Waals surface area contributed by atoms with Crippen LogP contribution in [-0.2, 0) is 0 Å². The fraction of sp³-hybridized carbons (Fsp3) is 1.00. The minimum Gasteiger partial charge on any atom is -1.00 e. The van der Waals surface area contributed by atoms with Crippen molar-refractivity contribution in [1.29, 1.82) is 0 Å². The van der Waals surface area contributed by atoms with E-state index in [1.807, 2.05) is 0 Å². The van der Waals surface area contributed by atoms with E-state index < -0.39 is 0 Å². The summed E-state index contributed by atoms with van der Waals surface area (Å²) in [6, 6.07) is 0. The number of likely N-dealkylation sites (N-methyl/N-ethyl adjacent to an activating group) is 1. The highest BCUT2D eigenvalue weighted by Crippen LogP contribution is 2.15. The van der Waals surface area contributed by atoms with E-state index in [1.54, 1.807) is 0 Å². The minimum atomic E-state index is 0. The second-order valence-corrected chi connectivity index (χ2v) is 3.63. The first-order chi connectivity index (χ1) is 4.29. The molecule has 3 rings (SSSR count). The molecule has 0 aromatic carbocycles. The average Bonchev–Trinajstić information content (AvgIpc) is 1.90. The molecule has 0 atom stereocenters. The van der Waals surface area contributed by atoms with Gasteiger partial charge in [0.1, 0.15) is 0 Å². The Labute approximate surface area is 103 Å². The van der Waals surface area contributed by atoms with Crippen molar-refractivity contribution in [1.82, 2.24) is 4.90 Å². The predicted octanol–water partition coefficient (Wildman–Crippen LogP) is -2.62. The quantitative estimate of drug-likeness (QED) is 0.328. The van der Waals surface area contributed by atoms with Crippen molar-refractivity contribution >= 4 is 24.0 Å². The van der Waals surface area contributed by atoms with E-state index in [0.717, 1.165) is 0 Å². The highest BCUT2D eigenvalue weighted by Gasteiger charge is 2.34. The van der Waals surface area contributed by atoms with Crippen LogP contribution in [0.25, 0.3) is 0 Å². The topological polar surface area (TPSA) is 3.24 Å². The molecule has 3 saturated heterocycles. The predicted molar refractivity (Wildman–Crippen MR) is 52.6 cm³/mol. The van der Waals surface area contributed by atoms with Gasteiger partial charge in [-0.05, 0) is 0 Å². The molecular weight excluding hydrogens is 366 g/mol. The molecule has 0 amide bonds. The van der Waals surface area contributed by atoms with E-state index >= 15 is 0 Å². The highest BCUT2D eigenvalue weighted by atomic mass is 127. The Bertz CT molecular complexity index is 108. The van der Waals surface area contributed by atoms with Crippen molar-refractivity contribution in [3.8, 4) is 0 Å². The molecule has 0 saturated carbocycles. The van der Waals surface area contributed by atoms with Crippen LogP contribution in [0.3, 0.4) is 0 Å². The van der Waals surface area contributed by atoms with Crippen molar-refractivity contribution in [3.63, 3.8) is 0 Å². The number of hydrogen-bond acceptors (Lipinski definition) is 1. The minimum absolute atomic E-state index is 0. The van der Waals surface area contributed by atoms with Crippen LogP contribution < -0.4 is 24.0 Å². The summed E-state index contributed by atoms with van der Waals surface area (Å²) in [7, 11) is 2.39. The maximum Gasteiger partial charge on any atom is 0.0914 e. The summed E-state index contributed by atoms with van der Waals surface area (Å²) < 4.78 is 1.34. The van der Waals surface area contributed by atoms with Gasteiger partial charge in [0, 0.05) is 19.6 Å². The Kier molecular flexibility index (Phi) is 5.14. The lowest BCUT2D eigenvalue weighted by Gasteiger charge is -2.48. The van der Waals surface area contributed by atoms with E-state index in [2.05, 4.69) is 11.9 Å². The summed E-state index contributed by atoms with van der Waals surface area (Å²) in [4.78, 5) is 2.57. The molecule has 68 valence electrons. The van der Waals surface area contributed by atoms with Crippen molar-refractivity contribution in [2.24, 2.45) is 0 Å². The largest absolute Gasteiger partial charge is 1.00 e. The fourth-order valence-electron chi connectivity index (χ4n) is 1.82. The molecule has 4 heteroatoms. The molecule has 3 heterocycles. The summed E-state index contributed by atoms with van der Waals surface area (Å²) >= 11 is 0. The van der Waals surface area contributed by atoms with Crippen LogP contribution in [0.2, 0.25) is 0 Å². The number of piperazine rings is 3. The SMILES string of the molecule is C[N+]12CCN(CC1)CC2.I.[I-]. The molecule has 3 aliphatic rings. The molecule has 0 radical (unpaired) electrons. The molecule has 11 heavy (non-hydrogen) atoms. The smallest absolute Gasteiger partial charge is 0.0914 e. The summed E-state index contributed by atoms with van der Waals surface area (Å²) in [5, 5.41) is 0. The number of fused-ring (bicyclic) bond motifs is 3. The van der Waals surface area contributed by atoms with Gasteiger partial charge < -0.3 is 28.5 Å². The number of hydrogen-bond donors (Lipinski definition) is 0. The van der Waals surface area contributed by atoms with Gasteiger partial charge in [0.05, 0.1) is 26.7 Å². The molecule has 2 nitrogen and oxygen atoms in total. The standard InChI is InChI=1S/C7H15N2.2HI/c1-9-5-2-8(3-6-9)4-7-9;;/h2-7H2,1H3;2*1H/q+1;;/p-1. The molecule has 3 fully saturated rings. The Morgan fingerprint density at radius 3 is 1.55 bits per heavy atom. The van der Waals surface area contributed by atoms with Crippen molar-refractivity contribution in [2.45, 2.75) is 0 Å². The first-order valence-electron chi connectivity index (χ1n) is 3.84. The zero-order chi connectivity index (χ0) is 6.32. The molecule has 0 N–H and O–H groups in total. The van der Waals surface area contributed by atoms with Gasteiger partial charge in [0.25, 0.3) is 0 Å². The van der Waals surface area contributed by atoms with Crippen LogP contribution >= 0.6 is 24.0 Å². The van der Waals surface area contributed by atoms with Gasteiger partial charge in [-0.3, -0.25) is 4.90 Å². The van der Waals surface area contributed by atoms with Crippen LogP contribution in [0.5, 0.6) is 0 Å². The second kappa shape index (κ2) is 4.57. The maximum atomic E-state index is 2.57. The Balaban J connectivity index is 0.000000500. The zero-order valence-electron chi connectivity index (χ0n) is 6.92. The summed E-state index contributed by atoms with van der Waals surface area (Å²) in [5.41, 5.74) is 0. The first kappa shape index (κ1) is 12.4. The molecule has 3 aliphatic heterocycles. The van der Waals surface area contributed by atoms with Gasteiger partial charge in [-0.25, -0.2) is 0 Å². The lowest BCUT2D eigenvalue weighted by atomic mass is 10.2. The lowest BCUT2D eigenvalue weighted by Crippen LogP contribution is -3.00. The Hall–Kier alpha value is 1.38. The first-order valence-corrected chi connectivity index (χ1v) is 3.84. The van der Waals surface area contributed by atoms with E-state index in [-0.39, 0.29) is 48.0 Å². The molecule has 2 bridgehead atoms. The fourth-order valence-corrected chi connectivity index (χ4v) is 1.82. The summed E-state index contributed by atoms with van der Waals surface area (Å²) in [5.74, 6) is 0. The van der Waals surface area contributed by atoms with Gasteiger partial charge >= 0.3 is 0 Å². The number of nitrogens with zero attached hydrogens (tertiary/aromatic N) is 2. The highest BCUT2D eigenvalue weighted by molar-refractivity contribution is 14.0. The van der Waals surface area contributed by atoms with Crippen molar-refractivity contribution in [3.05, 3.63) is 0 Å². The van der Waals surface area contributed by atoms with Gasteiger partial charge in [-0.1, -0.05) is 0 Å². The normalized spacial score (nSPS) is 40.6. The summed E-state index contributed by atoms with van der Waals surface area (Å²) in [6.45, 7) is 8.20. The van der Waals surface area contributed by atoms with Crippen LogP contribution in [0.1, 0.15) is 0 Å². The number of quaternary nitrogens is 1. The molecular formula is C7H16I2N2. The maximum absolute atomic E-state index is 2.57. The van der Waals surface area contributed by atoms with Crippen LogP contribution in [0.15, 0.2) is 0 Å². The van der Waals surface area contributed by atoms with Crippen LogP contribution in [-0.4, -0.2) is 55.7 Å². The average molecular weight is 382 g/mol. The summed E-state index contributed by atoms with van der Waals surface area (Å²) in [6.07, 6.45) is 0. The third-order valence-corrected chi connectivity index (χ3v) is 2.87.